The first-order valence-corrected chi connectivity index (χ1v) is 6.78. The Labute approximate surface area is 127 Å². The summed E-state index contributed by atoms with van der Waals surface area (Å²) in [7, 11) is 0. The van der Waals surface area contributed by atoms with Crippen LogP contribution in [0.1, 0.15) is 27.8 Å². The maximum absolute atomic E-state index is 11.0. The van der Waals surface area contributed by atoms with E-state index in [4.69, 9.17) is 0 Å². The fraction of sp³-hybridized carbons (Fsp3) is 0.250. The monoisotopic (exact) mass is 300 g/mol. The molecule has 0 aliphatic carbocycles. The summed E-state index contributed by atoms with van der Waals surface area (Å²) in [4.78, 5) is 21.1. The molecule has 0 unspecified atom stereocenters. The summed E-state index contributed by atoms with van der Waals surface area (Å²) in [6.45, 7) is 5.20. The van der Waals surface area contributed by atoms with Gasteiger partial charge in [0.15, 0.2) is 0 Å². The number of nitrogens with zero attached hydrogens (tertiary/aromatic N) is 2. The maximum Gasteiger partial charge on any atom is 0.272 e. The molecule has 2 rings (SSSR count). The Morgan fingerprint density at radius 2 is 1.41 bits per heavy atom. The Balaban J connectivity index is 2.39. The van der Waals surface area contributed by atoms with Gasteiger partial charge in [-0.1, -0.05) is 12.1 Å². The minimum atomic E-state index is -0.400. The standard InChI is InChI=1S/C16H16N2O4/c1-10-4-5-13(9-16(10)18(21)22)8-14-6-12(3)15(17(19)20)7-11(14)2/h4-7,9H,8H2,1-3H3. The van der Waals surface area contributed by atoms with Crippen LogP contribution < -0.4 is 0 Å². The fourth-order valence-corrected chi connectivity index (χ4v) is 2.43. The first-order valence-electron chi connectivity index (χ1n) is 6.78. The number of rotatable bonds is 4. The average molecular weight is 300 g/mol. The highest BCUT2D eigenvalue weighted by atomic mass is 16.6. The lowest BCUT2D eigenvalue weighted by Gasteiger charge is -2.09. The van der Waals surface area contributed by atoms with Crippen LogP contribution in [0, 0.1) is 41.0 Å². The number of nitro benzene ring substituents is 2. The molecule has 0 spiro atoms. The van der Waals surface area contributed by atoms with Gasteiger partial charge in [-0.05, 0) is 49.9 Å². The van der Waals surface area contributed by atoms with E-state index in [-0.39, 0.29) is 11.4 Å². The van der Waals surface area contributed by atoms with E-state index in [0.29, 0.717) is 17.5 Å². The summed E-state index contributed by atoms with van der Waals surface area (Å²) in [6, 6.07) is 8.46. The summed E-state index contributed by atoms with van der Waals surface area (Å²) in [6.07, 6.45) is 0.506. The number of hydrogen-bond acceptors (Lipinski definition) is 4. The summed E-state index contributed by atoms with van der Waals surface area (Å²) in [5.74, 6) is 0. The lowest BCUT2D eigenvalue weighted by atomic mass is 9.96. The zero-order valence-electron chi connectivity index (χ0n) is 12.6. The molecule has 0 saturated heterocycles. The minimum absolute atomic E-state index is 0.0915. The van der Waals surface area contributed by atoms with Crippen molar-refractivity contribution < 1.29 is 9.85 Å². The number of hydrogen-bond donors (Lipinski definition) is 0. The Morgan fingerprint density at radius 1 is 0.818 bits per heavy atom. The van der Waals surface area contributed by atoms with Crippen LogP contribution in [0.4, 0.5) is 11.4 Å². The summed E-state index contributed by atoms with van der Waals surface area (Å²) >= 11 is 0. The topological polar surface area (TPSA) is 86.3 Å². The van der Waals surface area contributed by atoms with Gasteiger partial charge in [0.25, 0.3) is 11.4 Å². The van der Waals surface area contributed by atoms with Crippen LogP contribution in [-0.2, 0) is 6.42 Å². The van der Waals surface area contributed by atoms with Crippen molar-refractivity contribution in [3.05, 3.63) is 78.4 Å². The second-order valence-corrected chi connectivity index (χ2v) is 5.38. The molecule has 2 aromatic rings. The quantitative estimate of drug-likeness (QED) is 0.630. The van der Waals surface area contributed by atoms with Gasteiger partial charge in [0.1, 0.15) is 0 Å². The highest BCUT2D eigenvalue weighted by Gasteiger charge is 2.15. The summed E-state index contributed by atoms with van der Waals surface area (Å²) in [5.41, 5.74) is 3.94. The largest absolute Gasteiger partial charge is 0.272 e. The Morgan fingerprint density at radius 3 is 2.00 bits per heavy atom. The SMILES string of the molecule is Cc1cc([N+](=O)[O-])c(C)cc1Cc1ccc(C)c([N+](=O)[O-])c1. The number of aryl methyl sites for hydroxylation is 3. The molecule has 22 heavy (non-hydrogen) atoms. The second kappa shape index (κ2) is 5.93. The molecular weight excluding hydrogens is 284 g/mol. The fourth-order valence-electron chi connectivity index (χ4n) is 2.43. The van der Waals surface area contributed by atoms with E-state index in [2.05, 4.69) is 0 Å². The molecule has 0 aliphatic rings. The van der Waals surface area contributed by atoms with Crippen LogP contribution in [0.15, 0.2) is 30.3 Å². The van der Waals surface area contributed by atoms with Crippen LogP contribution in [0.3, 0.4) is 0 Å². The Kier molecular flexibility index (Phi) is 4.21. The van der Waals surface area contributed by atoms with E-state index in [0.717, 1.165) is 16.7 Å². The van der Waals surface area contributed by atoms with Crippen molar-refractivity contribution in [2.75, 3.05) is 0 Å². The third-order valence-electron chi connectivity index (χ3n) is 3.72. The van der Waals surface area contributed by atoms with E-state index in [9.17, 15) is 20.2 Å². The molecule has 0 aliphatic heterocycles. The molecule has 0 atom stereocenters. The van der Waals surface area contributed by atoms with Crippen molar-refractivity contribution in [2.45, 2.75) is 27.2 Å². The minimum Gasteiger partial charge on any atom is -0.258 e. The van der Waals surface area contributed by atoms with Crippen molar-refractivity contribution in [2.24, 2.45) is 0 Å². The van der Waals surface area contributed by atoms with Gasteiger partial charge in [-0.15, -0.1) is 0 Å². The molecule has 6 heteroatoms. The van der Waals surface area contributed by atoms with Crippen LogP contribution in [0.5, 0.6) is 0 Å². The Hall–Kier alpha value is -2.76. The third kappa shape index (κ3) is 3.11. The maximum atomic E-state index is 11.0. The van der Waals surface area contributed by atoms with Crippen LogP contribution in [0.2, 0.25) is 0 Å². The Bertz CT molecular complexity index is 769. The van der Waals surface area contributed by atoms with Gasteiger partial charge >= 0.3 is 0 Å². The lowest BCUT2D eigenvalue weighted by Crippen LogP contribution is -1.99. The van der Waals surface area contributed by atoms with Gasteiger partial charge in [-0.3, -0.25) is 20.2 Å². The highest BCUT2D eigenvalue weighted by molar-refractivity contribution is 5.49. The van der Waals surface area contributed by atoms with Gasteiger partial charge in [0.05, 0.1) is 9.85 Å². The zero-order chi connectivity index (χ0) is 16.4. The van der Waals surface area contributed by atoms with E-state index in [1.165, 1.54) is 0 Å². The van der Waals surface area contributed by atoms with Crippen molar-refractivity contribution in [3.8, 4) is 0 Å². The van der Waals surface area contributed by atoms with Gasteiger partial charge in [0, 0.05) is 23.3 Å². The molecular formula is C16H16N2O4. The van der Waals surface area contributed by atoms with Crippen molar-refractivity contribution >= 4 is 11.4 Å². The van der Waals surface area contributed by atoms with Crippen molar-refractivity contribution in [1.82, 2.24) is 0 Å². The van der Waals surface area contributed by atoms with E-state index in [1.54, 1.807) is 38.1 Å². The highest BCUT2D eigenvalue weighted by Crippen LogP contribution is 2.26. The molecule has 6 nitrogen and oxygen atoms in total. The molecule has 0 N–H and O–H groups in total. The van der Waals surface area contributed by atoms with Gasteiger partial charge < -0.3 is 0 Å². The first kappa shape index (κ1) is 15.6. The smallest absolute Gasteiger partial charge is 0.258 e. The summed E-state index contributed by atoms with van der Waals surface area (Å²) in [5, 5.41) is 21.9. The third-order valence-corrected chi connectivity index (χ3v) is 3.72. The summed E-state index contributed by atoms with van der Waals surface area (Å²) < 4.78 is 0. The molecule has 0 heterocycles. The van der Waals surface area contributed by atoms with E-state index in [1.807, 2.05) is 13.0 Å². The normalized spacial score (nSPS) is 10.5. The molecule has 114 valence electrons. The number of benzene rings is 2. The number of nitro groups is 2. The van der Waals surface area contributed by atoms with E-state index < -0.39 is 9.85 Å². The van der Waals surface area contributed by atoms with Crippen LogP contribution in [-0.4, -0.2) is 9.85 Å². The van der Waals surface area contributed by atoms with Gasteiger partial charge in [-0.25, -0.2) is 0 Å². The zero-order valence-corrected chi connectivity index (χ0v) is 12.6. The average Bonchev–Trinajstić information content (AvgIpc) is 2.43. The van der Waals surface area contributed by atoms with Crippen molar-refractivity contribution in [3.63, 3.8) is 0 Å². The second-order valence-electron chi connectivity index (χ2n) is 5.38. The lowest BCUT2D eigenvalue weighted by molar-refractivity contribution is -0.385. The molecule has 0 bridgehead atoms. The molecule has 0 radical (unpaired) electrons. The molecule has 0 fully saturated rings. The predicted octanol–water partition coefficient (Wildman–Crippen LogP) is 4.02. The predicted molar refractivity (Wildman–Crippen MR) is 83.2 cm³/mol. The van der Waals surface area contributed by atoms with E-state index >= 15 is 0 Å². The van der Waals surface area contributed by atoms with Crippen molar-refractivity contribution in [1.29, 1.82) is 0 Å². The van der Waals surface area contributed by atoms with Crippen LogP contribution >= 0.6 is 0 Å². The van der Waals surface area contributed by atoms with Crippen LogP contribution in [0.25, 0.3) is 0 Å². The first-order chi connectivity index (χ1) is 10.3. The molecule has 0 amide bonds. The molecule has 0 saturated carbocycles. The molecule has 0 aromatic heterocycles. The molecule has 2 aromatic carbocycles. The van der Waals surface area contributed by atoms with Gasteiger partial charge in [-0.2, -0.15) is 0 Å². The van der Waals surface area contributed by atoms with Gasteiger partial charge in [0.2, 0.25) is 0 Å².